The molecular formula is C11H10N2O3S2. The molecule has 18 heavy (non-hydrogen) atoms. The van der Waals surface area contributed by atoms with Gasteiger partial charge in [0.15, 0.2) is 10.7 Å². The zero-order valence-electron chi connectivity index (χ0n) is 9.41. The van der Waals surface area contributed by atoms with Crippen LogP contribution < -0.4 is 5.32 Å². The van der Waals surface area contributed by atoms with E-state index in [0.29, 0.717) is 0 Å². The van der Waals surface area contributed by atoms with E-state index in [-0.39, 0.29) is 22.7 Å². The molecule has 94 valence electrons. The topological polar surface area (TPSA) is 79.3 Å². The maximum Gasteiger partial charge on any atom is 0.355 e. The fourth-order valence-corrected chi connectivity index (χ4v) is 2.77. The molecule has 2 N–H and O–H groups in total. The summed E-state index contributed by atoms with van der Waals surface area (Å²) in [4.78, 5) is 27.3. The van der Waals surface area contributed by atoms with Gasteiger partial charge in [-0.05, 0) is 18.4 Å². The number of carboxylic acid groups (broad SMARTS) is 1. The summed E-state index contributed by atoms with van der Waals surface area (Å²) in [5.41, 5.74) is -0.103. The molecular weight excluding hydrogens is 272 g/mol. The van der Waals surface area contributed by atoms with E-state index in [1.807, 2.05) is 24.4 Å². The first-order chi connectivity index (χ1) is 8.58. The molecule has 1 amide bonds. The van der Waals surface area contributed by atoms with Crippen LogP contribution in [0.15, 0.2) is 22.9 Å². The molecule has 2 aromatic rings. The molecule has 2 heterocycles. The van der Waals surface area contributed by atoms with Crippen LogP contribution in [0, 0.1) is 0 Å². The van der Waals surface area contributed by atoms with Crippen LogP contribution in [0.2, 0.25) is 0 Å². The normalized spacial score (nSPS) is 12.1. The number of aromatic nitrogens is 1. The summed E-state index contributed by atoms with van der Waals surface area (Å²) < 4.78 is 0. The molecule has 2 aromatic heterocycles. The molecule has 1 atom stereocenters. The number of carbonyl (C=O) groups is 2. The van der Waals surface area contributed by atoms with E-state index in [4.69, 9.17) is 5.11 Å². The molecule has 7 heteroatoms. The number of thiazole rings is 1. The third-order valence-electron chi connectivity index (χ3n) is 2.24. The van der Waals surface area contributed by atoms with Crippen molar-refractivity contribution in [2.75, 3.05) is 0 Å². The first kappa shape index (κ1) is 12.7. The second kappa shape index (κ2) is 5.28. The van der Waals surface area contributed by atoms with Gasteiger partial charge in [0.05, 0.1) is 6.04 Å². The summed E-state index contributed by atoms with van der Waals surface area (Å²) in [5.74, 6) is -1.48. The van der Waals surface area contributed by atoms with Crippen molar-refractivity contribution >= 4 is 34.6 Å². The molecule has 0 saturated heterocycles. The van der Waals surface area contributed by atoms with Crippen LogP contribution in [0.3, 0.4) is 0 Å². The van der Waals surface area contributed by atoms with Gasteiger partial charge < -0.3 is 10.4 Å². The number of carboxylic acids is 1. The summed E-state index contributed by atoms with van der Waals surface area (Å²) in [5, 5.41) is 15.0. The van der Waals surface area contributed by atoms with E-state index in [0.717, 1.165) is 16.2 Å². The Morgan fingerprint density at radius 3 is 2.78 bits per heavy atom. The first-order valence-corrected chi connectivity index (χ1v) is 6.87. The third-order valence-corrected chi connectivity index (χ3v) is 4.13. The van der Waals surface area contributed by atoms with Crippen molar-refractivity contribution in [1.82, 2.24) is 10.3 Å². The van der Waals surface area contributed by atoms with Gasteiger partial charge >= 0.3 is 5.97 Å². The first-order valence-electron chi connectivity index (χ1n) is 5.11. The minimum Gasteiger partial charge on any atom is -0.476 e. The number of carbonyl (C=O) groups excluding carboxylic acids is 1. The number of hydrogen-bond acceptors (Lipinski definition) is 5. The average molecular weight is 282 g/mol. The standard InChI is InChI=1S/C11H10N2O3S2/c1-6(8-3-2-4-17-8)12-9(14)10-13-7(5-18-10)11(15)16/h2-6H,1H3,(H,12,14)(H,15,16). The Balaban J connectivity index is 2.05. The molecule has 0 saturated carbocycles. The number of nitrogens with one attached hydrogen (secondary N) is 1. The van der Waals surface area contributed by atoms with E-state index < -0.39 is 5.97 Å². The molecule has 0 aliphatic heterocycles. The summed E-state index contributed by atoms with van der Waals surface area (Å²) in [6.45, 7) is 1.87. The second-order valence-corrected chi connectivity index (χ2v) is 5.39. The van der Waals surface area contributed by atoms with Gasteiger partial charge in [-0.2, -0.15) is 0 Å². The third kappa shape index (κ3) is 2.74. The Bertz CT molecular complexity index is 563. The molecule has 0 aliphatic carbocycles. The second-order valence-electron chi connectivity index (χ2n) is 3.55. The number of amides is 1. The van der Waals surface area contributed by atoms with Crippen molar-refractivity contribution in [3.63, 3.8) is 0 Å². The van der Waals surface area contributed by atoms with Gasteiger partial charge in [0.1, 0.15) is 0 Å². The van der Waals surface area contributed by atoms with Gasteiger partial charge in [0.25, 0.3) is 5.91 Å². The Hall–Kier alpha value is -1.73. The number of nitrogens with zero attached hydrogens (tertiary/aromatic N) is 1. The van der Waals surface area contributed by atoms with Gasteiger partial charge in [-0.1, -0.05) is 6.07 Å². The SMILES string of the molecule is CC(NC(=O)c1nc(C(=O)O)cs1)c1cccs1. The molecule has 2 rings (SSSR count). The maximum absolute atomic E-state index is 11.8. The van der Waals surface area contributed by atoms with Crippen LogP contribution in [0.5, 0.6) is 0 Å². The minimum absolute atomic E-state index is 0.103. The van der Waals surface area contributed by atoms with Crippen LogP contribution >= 0.6 is 22.7 Å². The highest BCUT2D eigenvalue weighted by Gasteiger charge is 2.17. The lowest BCUT2D eigenvalue weighted by Crippen LogP contribution is -2.26. The Labute approximate surface area is 111 Å². The zero-order chi connectivity index (χ0) is 13.1. The summed E-state index contributed by atoms with van der Waals surface area (Å²) in [6, 6.07) is 3.73. The molecule has 0 fully saturated rings. The predicted molar refractivity (Wildman–Crippen MR) is 69.3 cm³/mol. The fraction of sp³-hybridized carbons (Fsp3) is 0.182. The van der Waals surface area contributed by atoms with Crippen LogP contribution in [-0.4, -0.2) is 22.0 Å². The average Bonchev–Trinajstić information content (AvgIpc) is 3.00. The van der Waals surface area contributed by atoms with Crippen LogP contribution in [0.1, 0.15) is 38.1 Å². The number of rotatable bonds is 4. The van der Waals surface area contributed by atoms with E-state index in [9.17, 15) is 9.59 Å². The van der Waals surface area contributed by atoms with E-state index in [1.165, 1.54) is 5.38 Å². The lowest BCUT2D eigenvalue weighted by Gasteiger charge is -2.10. The van der Waals surface area contributed by atoms with Crippen LogP contribution in [0.4, 0.5) is 0 Å². The fourth-order valence-electron chi connectivity index (χ4n) is 1.34. The van der Waals surface area contributed by atoms with Crippen molar-refractivity contribution < 1.29 is 14.7 Å². The Morgan fingerprint density at radius 2 is 2.22 bits per heavy atom. The van der Waals surface area contributed by atoms with Gasteiger partial charge in [-0.15, -0.1) is 22.7 Å². The molecule has 0 aromatic carbocycles. The molecule has 0 spiro atoms. The lowest BCUT2D eigenvalue weighted by molar-refractivity contribution is 0.0691. The quantitative estimate of drug-likeness (QED) is 0.902. The maximum atomic E-state index is 11.8. The van der Waals surface area contributed by atoms with E-state index >= 15 is 0 Å². The highest BCUT2D eigenvalue weighted by atomic mass is 32.1. The lowest BCUT2D eigenvalue weighted by atomic mass is 10.3. The largest absolute Gasteiger partial charge is 0.476 e. The Kier molecular flexibility index (Phi) is 3.73. The van der Waals surface area contributed by atoms with Crippen molar-refractivity contribution in [3.05, 3.63) is 38.5 Å². The minimum atomic E-state index is -1.13. The smallest absolute Gasteiger partial charge is 0.355 e. The zero-order valence-corrected chi connectivity index (χ0v) is 11.0. The molecule has 1 unspecified atom stereocenters. The van der Waals surface area contributed by atoms with Crippen molar-refractivity contribution in [2.24, 2.45) is 0 Å². The van der Waals surface area contributed by atoms with Crippen LogP contribution in [0.25, 0.3) is 0 Å². The Morgan fingerprint density at radius 1 is 1.44 bits per heavy atom. The highest BCUT2D eigenvalue weighted by molar-refractivity contribution is 7.12. The summed E-state index contributed by atoms with van der Waals surface area (Å²) >= 11 is 2.58. The summed E-state index contributed by atoms with van der Waals surface area (Å²) in [7, 11) is 0. The molecule has 0 aliphatic rings. The highest BCUT2D eigenvalue weighted by Crippen LogP contribution is 2.19. The van der Waals surface area contributed by atoms with Crippen molar-refractivity contribution in [1.29, 1.82) is 0 Å². The predicted octanol–water partition coefficient (Wildman–Crippen LogP) is 2.39. The van der Waals surface area contributed by atoms with E-state index in [2.05, 4.69) is 10.3 Å². The van der Waals surface area contributed by atoms with Crippen molar-refractivity contribution in [2.45, 2.75) is 13.0 Å². The molecule has 0 radical (unpaired) electrons. The summed E-state index contributed by atoms with van der Waals surface area (Å²) in [6.07, 6.45) is 0. The van der Waals surface area contributed by atoms with Gasteiger partial charge in [-0.25, -0.2) is 9.78 Å². The number of hydrogen-bond donors (Lipinski definition) is 2. The number of aromatic carboxylic acids is 1. The monoisotopic (exact) mass is 282 g/mol. The molecule has 5 nitrogen and oxygen atoms in total. The van der Waals surface area contributed by atoms with Gasteiger partial charge in [0, 0.05) is 10.3 Å². The van der Waals surface area contributed by atoms with Crippen molar-refractivity contribution in [3.8, 4) is 0 Å². The molecule has 0 bridgehead atoms. The van der Waals surface area contributed by atoms with Gasteiger partial charge in [-0.3, -0.25) is 4.79 Å². The van der Waals surface area contributed by atoms with Crippen LogP contribution in [-0.2, 0) is 0 Å². The van der Waals surface area contributed by atoms with E-state index in [1.54, 1.807) is 11.3 Å². The van der Waals surface area contributed by atoms with Gasteiger partial charge in [0.2, 0.25) is 0 Å². The number of thiophene rings is 1.